The summed E-state index contributed by atoms with van der Waals surface area (Å²) in [5.41, 5.74) is 2.55. The van der Waals surface area contributed by atoms with Gasteiger partial charge in [-0.15, -0.1) is 0 Å². The third-order valence-electron chi connectivity index (χ3n) is 1.97. The first kappa shape index (κ1) is 13.8. The maximum atomic E-state index is 3.35. The Kier molecular flexibility index (Phi) is 7.43. The van der Waals surface area contributed by atoms with Crippen LogP contribution in [0, 0.1) is 0 Å². The quantitative estimate of drug-likeness (QED) is 0.689. The molecule has 0 unspecified atom stereocenters. The predicted octanol–water partition coefficient (Wildman–Crippen LogP) is 4.78. The predicted molar refractivity (Wildman–Crippen MR) is 70.4 cm³/mol. The Morgan fingerprint density at radius 3 is 2.13 bits per heavy atom. The highest BCUT2D eigenvalue weighted by Crippen LogP contribution is 2.14. The monoisotopic (exact) mass is 205 g/mol. The zero-order valence-electron chi connectivity index (χ0n) is 10.6. The summed E-state index contributed by atoms with van der Waals surface area (Å²) in [5, 5.41) is 1.31. The maximum absolute atomic E-state index is 3.35. The lowest BCUT2D eigenvalue weighted by Crippen LogP contribution is -1.74. The molecule has 1 nitrogen and oxygen atoms in total. The van der Waals surface area contributed by atoms with E-state index in [9.17, 15) is 0 Å². The van der Waals surface area contributed by atoms with Crippen molar-refractivity contribution >= 4 is 10.9 Å². The molecule has 0 saturated heterocycles. The average Bonchev–Trinajstić information content (AvgIpc) is 2.77. The van der Waals surface area contributed by atoms with Gasteiger partial charge in [-0.3, -0.25) is 0 Å². The molecule has 0 bridgehead atoms. The molecule has 1 N–H and O–H groups in total. The highest BCUT2D eigenvalue weighted by molar-refractivity contribution is 5.80. The molecular formula is C14H23N. The molecule has 15 heavy (non-hydrogen) atoms. The molecule has 1 aromatic heterocycles. The Hall–Kier alpha value is -1.24. The van der Waals surface area contributed by atoms with Crippen LogP contribution in [0.25, 0.3) is 10.9 Å². The molecule has 1 heteroatoms. The fraction of sp³-hybridized carbons (Fsp3) is 0.429. The first-order chi connectivity index (χ1) is 7.40. The van der Waals surface area contributed by atoms with E-state index in [-0.39, 0.29) is 0 Å². The zero-order chi connectivity index (χ0) is 11.7. The van der Waals surface area contributed by atoms with E-state index in [0.717, 1.165) is 6.42 Å². The van der Waals surface area contributed by atoms with Gasteiger partial charge < -0.3 is 4.98 Å². The van der Waals surface area contributed by atoms with E-state index in [0.29, 0.717) is 0 Å². The largest absolute Gasteiger partial charge is 0.358 e. The number of hydrogen-bond donors (Lipinski definition) is 1. The van der Waals surface area contributed by atoms with Crippen molar-refractivity contribution in [2.24, 2.45) is 0 Å². The lowest BCUT2D eigenvalue weighted by atomic mass is 10.2. The highest BCUT2D eigenvalue weighted by Gasteiger charge is 1.95. The standard InChI is InChI=1S/C10H11N.2C2H6/c1-2-9-7-8-5-3-4-6-10(8)11-9;2*1-2/h3-7,11H,2H2,1H3;2*1-2H3. The summed E-state index contributed by atoms with van der Waals surface area (Å²) >= 11 is 0. The van der Waals surface area contributed by atoms with Gasteiger partial charge in [-0.1, -0.05) is 52.8 Å². The van der Waals surface area contributed by atoms with Gasteiger partial charge >= 0.3 is 0 Å². The Labute approximate surface area is 93.5 Å². The van der Waals surface area contributed by atoms with Gasteiger partial charge in [0.25, 0.3) is 0 Å². The van der Waals surface area contributed by atoms with E-state index >= 15 is 0 Å². The maximum Gasteiger partial charge on any atom is 0.0456 e. The number of aromatic amines is 1. The van der Waals surface area contributed by atoms with Crippen molar-refractivity contribution < 1.29 is 0 Å². The summed E-state index contributed by atoms with van der Waals surface area (Å²) in [5.74, 6) is 0. The van der Waals surface area contributed by atoms with Crippen molar-refractivity contribution in [1.29, 1.82) is 0 Å². The van der Waals surface area contributed by atoms with Crippen molar-refractivity contribution in [3.63, 3.8) is 0 Å². The van der Waals surface area contributed by atoms with E-state index in [4.69, 9.17) is 0 Å². The fourth-order valence-electron chi connectivity index (χ4n) is 1.32. The molecule has 0 fully saturated rings. The molecule has 0 radical (unpaired) electrons. The van der Waals surface area contributed by atoms with Crippen LogP contribution in [0.1, 0.15) is 40.3 Å². The number of hydrogen-bond acceptors (Lipinski definition) is 0. The van der Waals surface area contributed by atoms with Gasteiger partial charge in [0.15, 0.2) is 0 Å². The Morgan fingerprint density at radius 2 is 1.60 bits per heavy atom. The van der Waals surface area contributed by atoms with Crippen molar-refractivity contribution in [2.45, 2.75) is 41.0 Å². The van der Waals surface area contributed by atoms with Gasteiger partial charge in [-0.2, -0.15) is 0 Å². The smallest absolute Gasteiger partial charge is 0.0456 e. The molecule has 1 heterocycles. The molecule has 0 saturated carbocycles. The molecule has 84 valence electrons. The van der Waals surface area contributed by atoms with E-state index in [1.165, 1.54) is 16.6 Å². The van der Waals surface area contributed by atoms with Gasteiger partial charge in [0.2, 0.25) is 0 Å². The zero-order valence-corrected chi connectivity index (χ0v) is 10.6. The Balaban J connectivity index is 0.000000442. The first-order valence-corrected chi connectivity index (χ1v) is 5.97. The molecule has 0 aliphatic heterocycles. The molecule has 0 aliphatic rings. The van der Waals surface area contributed by atoms with Crippen LogP contribution in [-0.2, 0) is 6.42 Å². The normalized spacial score (nSPS) is 8.60. The molecule has 2 rings (SSSR count). The Morgan fingerprint density at radius 1 is 1.00 bits per heavy atom. The van der Waals surface area contributed by atoms with Crippen molar-refractivity contribution in [2.75, 3.05) is 0 Å². The van der Waals surface area contributed by atoms with Crippen LogP contribution in [0.2, 0.25) is 0 Å². The number of para-hydroxylation sites is 1. The minimum absolute atomic E-state index is 1.08. The van der Waals surface area contributed by atoms with Crippen molar-refractivity contribution in [3.8, 4) is 0 Å². The summed E-state index contributed by atoms with van der Waals surface area (Å²) < 4.78 is 0. The minimum atomic E-state index is 1.08. The van der Waals surface area contributed by atoms with E-state index in [1.807, 2.05) is 27.7 Å². The Bertz CT molecular complexity index is 327. The van der Waals surface area contributed by atoms with E-state index < -0.39 is 0 Å². The van der Waals surface area contributed by atoms with Crippen LogP contribution < -0.4 is 0 Å². The number of aryl methyl sites for hydroxylation is 1. The summed E-state index contributed by atoms with van der Waals surface area (Å²) in [7, 11) is 0. The van der Waals surface area contributed by atoms with E-state index in [2.05, 4.69) is 42.2 Å². The molecule has 0 aliphatic carbocycles. The fourth-order valence-corrected chi connectivity index (χ4v) is 1.32. The van der Waals surface area contributed by atoms with Crippen LogP contribution in [0.15, 0.2) is 30.3 Å². The van der Waals surface area contributed by atoms with Crippen molar-refractivity contribution in [1.82, 2.24) is 4.98 Å². The minimum Gasteiger partial charge on any atom is -0.358 e. The second kappa shape index (κ2) is 8.10. The van der Waals surface area contributed by atoms with Gasteiger partial charge in [-0.25, -0.2) is 0 Å². The summed E-state index contributed by atoms with van der Waals surface area (Å²) in [6.45, 7) is 10.2. The highest BCUT2D eigenvalue weighted by atomic mass is 14.7. The average molecular weight is 205 g/mol. The van der Waals surface area contributed by atoms with Crippen molar-refractivity contribution in [3.05, 3.63) is 36.0 Å². The lowest BCUT2D eigenvalue weighted by Gasteiger charge is -1.85. The third-order valence-corrected chi connectivity index (χ3v) is 1.97. The summed E-state index contributed by atoms with van der Waals surface area (Å²) in [6, 6.07) is 10.6. The number of H-pyrrole nitrogens is 1. The summed E-state index contributed by atoms with van der Waals surface area (Å²) in [6.07, 6.45) is 1.08. The number of aromatic nitrogens is 1. The number of rotatable bonds is 1. The van der Waals surface area contributed by atoms with Gasteiger partial charge in [0.05, 0.1) is 0 Å². The molecule has 0 atom stereocenters. The summed E-state index contributed by atoms with van der Waals surface area (Å²) in [4.78, 5) is 3.35. The number of fused-ring (bicyclic) bond motifs is 1. The second-order valence-corrected chi connectivity index (χ2v) is 2.74. The van der Waals surface area contributed by atoms with Crippen LogP contribution in [0.3, 0.4) is 0 Å². The molecule has 2 aromatic rings. The molecular weight excluding hydrogens is 182 g/mol. The van der Waals surface area contributed by atoms with Gasteiger partial charge in [0, 0.05) is 11.2 Å². The number of benzene rings is 1. The van der Waals surface area contributed by atoms with Crippen LogP contribution in [0.5, 0.6) is 0 Å². The van der Waals surface area contributed by atoms with Crippen LogP contribution in [0.4, 0.5) is 0 Å². The molecule has 1 aromatic carbocycles. The molecule has 0 spiro atoms. The second-order valence-electron chi connectivity index (χ2n) is 2.74. The van der Waals surface area contributed by atoms with Gasteiger partial charge in [-0.05, 0) is 23.9 Å². The van der Waals surface area contributed by atoms with E-state index in [1.54, 1.807) is 0 Å². The topological polar surface area (TPSA) is 15.8 Å². The molecule has 0 amide bonds. The lowest BCUT2D eigenvalue weighted by molar-refractivity contribution is 1.07. The van der Waals surface area contributed by atoms with Gasteiger partial charge in [0.1, 0.15) is 0 Å². The first-order valence-electron chi connectivity index (χ1n) is 5.97. The number of nitrogens with one attached hydrogen (secondary N) is 1. The van der Waals surface area contributed by atoms with Crippen LogP contribution in [-0.4, -0.2) is 4.98 Å². The van der Waals surface area contributed by atoms with Crippen LogP contribution >= 0.6 is 0 Å². The SMILES string of the molecule is CC.CC.CCc1cc2ccccc2[nH]1. The third kappa shape index (κ3) is 3.78.